The maximum absolute atomic E-state index is 13.6. The molecule has 3 amide bonds. The molecule has 0 aromatic carbocycles. The van der Waals surface area contributed by atoms with E-state index in [1.807, 2.05) is 0 Å². The molecule has 0 radical (unpaired) electrons. The van der Waals surface area contributed by atoms with Gasteiger partial charge in [-0.05, 0) is 50.4 Å². The van der Waals surface area contributed by atoms with E-state index in [-0.39, 0.29) is 24.8 Å². The molecule has 4 rings (SSSR count). The van der Waals surface area contributed by atoms with Crippen LogP contribution in [0, 0.1) is 11.3 Å². The van der Waals surface area contributed by atoms with E-state index in [4.69, 9.17) is 0 Å². The maximum atomic E-state index is 13.6. The zero-order valence-electron chi connectivity index (χ0n) is 20.0. The van der Waals surface area contributed by atoms with E-state index in [1.165, 1.54) is 0 Å². The SMILES string of the molecule is O=C(COC(F)(F)F)C(C[C@@H]1CCNC1=O)NC(=O)[C@@H]1CC2(CC2)CN1C(=O)C1(O)CCC(F)(F)CC1. The van der Waals surface area contributed by atoms with Crippen molar-refractivity contribution in [2.24, 2.45) is 11.3 Å². The molecular formula is C23H30F5N3O6. The first-order valence-electron chi connectivity index (χ1n) is 12.3. The van der Waals surface area contributed by atoms with E-state index in [2.05, 4.69) is 15.4 Å². The van der Waals surface area contributed by atoms with Gasteiger partial charge in [0.15, 0.2) is 5.78 Å². The van der Waals surface area contributed by atoms with Gasteiger partial charge >= 0.3 is 6.36 Å². The first-order valence-corrected chi connectivity index (χ1v) is 12.3. The fraction of sp³-hybridized carbons (Fsp3) is 0.826. The Morgan fingerprint density at radius 3 is 2.32 bits per heavy atom. The molecule has 0 aromatic rings. The molecule has 37 heavy (non-hydrogen) atoms. The standard InChI is InChI=1S/C23H30F5N3O6/c24-22(25)6-4-21(36,5-7-22)19(35)31-12-20(2-3-20)10-15(31)18(34)30-14(9-13-1-8-29-17(13)33)16(32)11-37-23(26,27)28/h13-15,36H,1-12H2,(H,29,33)(H,30,34)/t13-,14?,15-/m0/s1. The lowest BCUT2D eigenvalue weighted by Crippen LogP contribution is -2.57. The highest BCUT2D eigenvalue weighted by Crippen LogP contribution is 2.55. The Hall–Kier alpha value is -2.35. The van der Waals surface area contributed by atoms with Gasteiger partial charge in [-0.25, -0.2) is 8.78 Å². The van der Waals surface area contributed by atoms with Crippen LogP contribution in [0.1, 0.15) is 57.8 Å². The van der Waals surface area contributed by atoms with Crippen LogP contribution in [0.3, 0.4) is 0 Å². The number of likely N-dealkylation sites (tertiary alicyclic amines) is 1. The van der Waals surface area contributed by atoms with Crippen LogP contribution in [-0.4, -0.2) is 83.2 Å². The Morgan fingerprint density at radius 2 is 1.78 bits per heavy atom. The molecular weight excluding hydrogens is 509 g/mol. The summed E-state index contributed by atoms with van der Waals surface area (Å²) >= 11 is 0. The second-order valence-electron chi connectivity index (χ2n) is 10.8. The van der Waals surface area contributed by atoms with Crippen LogP contribution < -0.4 is 10.6 Å². The van der Waals surface area contributed by atoms with E-state index < -0.39 is 91.7 Å². The lowest BCUT2D eigenvalue weighted by molar-refractivity contribution is -0.321. The second-order valence-corrected chi connectivity index (χ2v) is 10.8. The highest BCUT2D eigenvalue weighted by Gasteiger charge is 2.58. The summed E-state index contributed by atoms with van der Waals surface area (Å²) in [5, 5.41) is 15.8. The molecule has 2 aliphatic carbocycles. The van der Waals surface area contributed by atoms with Crippen LogP contribution in [0.5, 0.6) is 0 Å². The van der Waals surface area contributed by atoms with Gasteiger partial charge < -0.3 is 20.6 Å². The summed E-state index contributed by atoms with van der Waals surface area (Å²) in [7, 11) is 0. The van der Waals surface area contributed by atoms with Gasteiger partial charge in [-0.3, -0.25) is 23.9 Å². The predicted molar refractivity (Wildman–Crippen MR) is 115 cm³/mol. The summed E-state index contributed by atoms with van der Waals surface area (Å²) in [6.45, 7) is -0.917. The fourth-order valence-corrected chi connectivity index (χ4v) is 5.50. The van der Waals surface area contributed by atoms with Gasteiger partial charge in [-0.15, -0.1) is 13.2 Å². The summed E-state index contributed by atoms with van der Waals surface area (Å²) in [5.74, 6) is -6.84. The number of nitrogens with one attached hydrogen (secondary N) is 2. The number of alkyl halides is 5. The van der Waals surface area contributed by atoms with Crippen LogP contribution in [-0.2, 0) is 23.9 Å². The summed E-state index contributed by atoms with van der Waals surface area (Å²) in [6, 6.07) is -2.62. The van der Waals surface area contributed by atoms with Crippen LogP contribution >= 0.6 is 0 Å². The van der Waals surface area contributed by atoms with E-state index in [1.54, 1.807) is 0 Å². The highest BCUT2D eigenvalue weighted by molar-refractivity contribution is 5.95. The third-order valence-corrected chi connectivity index (χ3v) is 8.00. The molecule has 1 unspecified atom stereocenters. The van der Waals surface area contributed by atoms with Gasteiger partial charge in [0, 0.05) is 31.8 Å². The van der Waals surface area contributed by atoms with Crippen molar-refractivity contribution in [3.63, 3.8) is 0 Å². The third kappa shape index (κ3) is 6.39. The van der Waals surface area contributed by atoms with Gasteiger partial charge in [0.1, 0.15) is 18.2 Å². The van der Waals surface area contributed by atoms with Gasteiger partial charge in [0.25, 0.3) is 5.91 Å². The van der Waals surface area contributed by atoms with Crippen molar-refractivity contribution >= 4 is 23.5 Å². The number of ether oxygens (including phenoxy) is 1. The van der Waals surface area contributed by atoms with Crippen molar-refractivity contribution in [1.29, 1.82) is 0 Å². The molecule has 2 heterocycles. The Bertz CT molecular complexity index is 944. The lowest BCUT2D eigenvalue weighted by Gasteiger charge is -2.38. The van der Waals surface area contributed by atoms with E-state index in [9.17, 15) is 46.2 Å². The smallest absolute Gasteiger partial charge is 0.380 e. The Morgan fingerprint density at radius 1 is 1.14 bits per heavy atom. The molecule has 0 bridgehead atoms. The zero-order valence-corrected chi connectivity index (χ0v) is 20.0. The topological polar surface area (TPSA) is 125 Å². The Balaban J connectivity index is 1.49. The number of hydrogen-bond donors (Lipinski definition) is 3. The minimum absolute atomic E-state index is 0.128. The molecule has 0 aromatic heterocycles. The van der Waals surface area contributed by atoms with Crippen molar-refractivity contribution in [3.8, 4) is 0 Å². The number of amides is 3. The molecule has 9 nitrogen and oxygen atoms in total. The molecule has 4 fully saturated rings. The number of hydrogen-bond acceptors (Lipinski definition) is 6. The van der Waals surface area contributed by atoms with Gasteiger partial charge in [-0.2, -0.15) is 0 Å². The summed E-state index contributed by atoms with van der Waals surface area (Å²) in [4.78, 5) is 52.4. The lowest BCUT2D eigenvalue weighted by atomic mass is 9.81. The average molecular weight is 539 g/mol. The van der Waals surface area contributed by atoms with Gasteiger partial charge in [0.05, 0.1) is 6.04 Å². The van der Waals surface area contributed by atoms with Crippen LogP contribution in [0.25, 0.3) is 0 Å². The number of ketones is 1. The first kappa shape index (κ1) is 27.7. The number of halogens is 5. The summed E-state index contributed by atoms with van der Waals surface area (Å²) in [5.41, 5.74) is -2.42. The van der Waals surface area contributed by atoms with Crippen LogP contribution in [0.15, 0.2) is 0 Å². The fourth-order valence-electron chi connectivity index (χ4n) is 5.50. The zero-order chi connectivity index (χ0) is 27.2. The molecule has 1 spiro atoms. The quantitative estimate of drug-likeness (QED) is 0.401. The number of aliphatic hydroxyl groups is 1. The van der Waals surface area contributed by atoms with Gasteiger partial charge in [0.2, 0.25) is 17.7 Å². The Labute approximate surface area is 209 Å². The first-order chi connectivity index (χ1) is 17.1. The minimum atomic E-state index is -5.08. The van der Waals surface area contributed by atoms with Crippen molar-refractivity contribution in [2.45, 2.75) is 87.8 Å². The molecule has 3 N–H and O–H groups in total. The molecule has 2 saturated carbocycles. The maximum Gasteiger partial charge on any atom is 0.522 e. The molecule has 208 valence electrons. The number of rotatable bonds is 8. The Kier molecular flexibility index (Phi) is 7.30. The van der Waals surface area contributed by atoms with Crippen molar-refractivity contribution in [2.75, 3.05) is 19.7 Å². The molecule has 2 saturated heterocycles. The van der Waals surface area contributed by atoms with Crippen LogP contribution in [0.4, 0.5) is 22.0 Å². The summed E-state index contributed by atoms with van der Waals surface area (Å²) < 4.78 is 68.4. The number of Topliss-reactive ketones (excluding diaryl/α,β-unsaturated/α-hetero) is 1. The van der Waals surface area contributed by atoms with Crippen molar-refractivity contribution < 1.29 is 51.0 Å². The predicted octanol–water partition coefficient (Wildman–Crippen LogP) is 1.42. The van der Waals surface area contributed by atoms with Gasteiger partial charge in [-0.1, -0.05) is 0 Å². The molecule has 14 heteroatoms. The molecule has 4 aliphatic rings. The third-order valence-electron chi connectivity index (χ3n) is 8.00. The number of nitrogens with zero attached hydrogens (tertiary/aromatic N) is 1. The minimum Gasteiger partial charge on any atom is -0.380 e. The highest BCUT2D eigenvalue weighted by atomic mass is 19.4. The summed E-state index contributed by atoms with van der Waals surface area (Å²) in [6.07, 6.45) is -5.66. The molecule has 3 atom stereocenters. The second kappa shape index (κ2) is 9.75. The van der Waals surface area contributed by atoms with Crippen molar-refractivity contribution in [1.82, 2.24) is 15.5 Å². The van der Waals surface area contributed by atoms with E-state index in [0.717, 1.165) is 4.90 Å². The monoisotopic (exact) mass is 539 g/mol. The van der Waals surface area contributed by atoms with Crippen molar-refractivity contribution in [3.05, 3.63) is 0 Å². The normalized spacial score (nSPS) is 28.6. The number of carbonyl (C=O) groups excluding carboxylic acids is 4. The molecule has 2 aliphatic heterocycles. The largest absolute Gasteiger partial charge is 0.522 e. The van der Waals surface area contributed by atoms with E-state index in [0.29, 0.717) is 25.8 Å². The van der Waals surface area contributed by atoms with Crippen LogP contribution in [0.2, 0.25) is 0 Å². The average Bonchev–Trinajstić information content (AvgIpc) is 3.28. The number of carbonyl (C=O) groups is 4. The van der Waals surface area contributed by atoms with E-state index >= 15 is 0 Å².